The van der Waals surface area contributed by atoms with E-state index in [9.17, 15) is 16.8 Å². The molecule has 1 rings (SSSR count). The molecule has 0 heterocycles. The van der Waals surface area contributed by atoms with Crippen LogP contribution < -0.4 is 4.72 Å². The zero-order valence-corrected chi connectivity index (χ0v) is 17.5. The minimum absolute atomic E-state index is 0.0285. The average Bonchev–Trinajstić information content (AvgIpc) is 2.49. The molecule has 0 fully saturated rings. The quantitative estimate of drug-likeness (QED) is 0.738. The van der Waals surface area contributed by atoms with Crippen LogP contribution in [0.1, 0.15) is 46.6 Å². The second kappa shape index (κ2) is 8.16. The van der Waals surface area contributed by atoms with Crippen molar-refractivity contribution in [3.63, 3.8) is 0 Å². The number of hydrogen-bond acceptors (Lipinski definition) is 4. The van der Waals surface area contributed by atoms with Gasteiger partial charge in [-0.15, -0.1) is 0 Å². The molecule has 144 valence electrons. The number of hydrogen-bond donors (Lipinski definition) is 1. The van der Waals surface area contributed by atoms with Crippen LogP contribution in [0.25, 0.3) is 0 Å². The van der Waals surface area contributed by atoms with Gasteiger partial charge in [0, 0.05) is 19.1 Å². The zero-order valence-electron chi connectivity index (χ0n) is 15.9. The Kier molecular flexibility index (Phi) is 7.21. The molecule has 0 amide bonds. The van der Waals surface area contributed by atoms with Crippen molar-refractivity contribution in [1.82, 2.24) is 9.03 Å². The number of nitrogens with zero attached hydrogens (tertiary/aromatic N) is 1. The molecule has 0 saturated heterocycles. The highest BCUT2D eigenvalue weighted by Gasteiger charge is 2.23. The van der Waals surface area contributed by atoms with E-state index in [0.29, 0.717) is 6.42 Å². The third kappa shape index (κ3) is 6.36. The molecule has 0 aliphatic carbocycles. The molecule has 1 N–H and O–H groups in total. The van der Waals surface area contributed by atoms with E-state index in [-0.39, 0.29) is 29.4 Å². The van der Waals surface area contributed by atoms with Crippen molar-refractivity contribution in [1.29, 1.82) is 0 Å². The van der Waals surface area contributed by atoms with Crippen molar-refractivity contribution in [2.45, 2.75) is 57.4 Å². The first-order valence-corrected chi connectivity index (χ1v) is 11.7. The minimum atomic E-state index is -3.67. The highest BCUT2D eigenvalue weighted by molar-refractivity contribution is 7.89. The van der Waals surface area contributed by atoms with E-state index in [4.69, 9.17) is 0 Å². The van der Waals surface area contributed by atoms with Crippen LogP contribution >= 0.6 is 0 Å². The lowest BCUT2D eigenvalue weighted by atomic mass is 9.87. The van der Waals surface area contributed by atoms with Gasteiger partial charge in [-0.1, -0.05) is 39.8 Å². The molecular formula is C17H30N2O4S2. The van der Waals surface area contributed by atoms with E-state index in [1.165, 1.54) is 4.31 Å². The number of benzene rings is 1. The molecule has 25 heavy (non-hydrogen) atoms. The van der Waals surface area contributed by atoms with E-state index in [1.807, 2.05) is 6.92 Å². The van der Waals surface area contributed by atoms with Crippen molar-refractivity contribution in [2.24, 2.45) is 0 Å². The van der Waals surface area contributed by atoms with Gasteiger partial charge in [-0.3, -0.25) is 0 Å². The summed E-state index contributed by atoms with van der Waals surface area (Å²) in [7, 11) is -7.05. The molecule has 1 aromatic rings. The third-order valence-corrected chi connectivity index (χ3v) is 7.03. The molecule has 1 aromatic carbocycles. The SMILES string of the molecule is CCC(C)N(CCNS(=O)(=O)c1ccc(C(C)(C)C)cc1)S(C)(=O)=O. The Morgan fingerprint density at radius 3 is 2.00 bits per heavy atom. The van der Waals surface area contributed by atoms with Gasteiger partial charge in [0.1, 0.15) is 0 Å². The molecule has 0 aromatic heterocycles. The first kappa shape index (κ1) is 22.1. The van der Waals surface area contributed by atoms with Crippen LogP contribution in [0.2, 0.25) is 0 Å². The molecule has 0 aliphatic heterocycles. The van der Waals surface area contributed by atoms with Crippen LogP contribution in [0, 0.1) is 0 Å². The zero-order chi connectivity index (χ0) is 19.5. The van der Waals surface area contributed by atoms with Crippen LogP contribution in [0.5, 0.6) is 0 Å². The average molecular weight is 391 g/mol. The molecule has 0 saturated carbocycles. The maximum Gasteiger partial charge on any atom is 0.240 e. The fraction of sp³-hybridized carbons (Fsp3) is 0.647. The lowest BCUT2D eigenvalue weighted by Crippen LogP contribution is -2.42. The van der Waals surface area contributed by atoms with Gasteiger partial charge in [-0.2, -0.15) is 4.31 Å². The Balaban J connectivity index is 2.82. The summed E-state index contributed by atoms with van der Waals surface area (Å²) in [4.78, 5) is 0.176. The second-order valence-corrected chi connectivity index (χ2v) is 11.0. The van der Waals surface area contributed by atoms with Crippen molar-refractivity contribution in [3.8, 4) is 0 Å². The minimum Gasteiger partial charge on any atom is -0.212 e. The van der Waals surface area contributed by atoms with Gasteiger partial charge in [0.15, 0.2) is 0 Å². The molecule has 1 atom stereocenters. The van der Waals surface area contributed by atoms with E-state index in [1.54, 1.807) is 31.2 Å². The van der Waals surface area contributed by atoms with Gasteiger partial charge in [0.05, 0.1) is 11.2 Å². The number of rotatable bonds is 8. The first-order chi connectivity index (χ1) is 11.3. The van der Waals surface area contributed by atoms with Crippen molar-refractivity contribution in [2.75, 3.05) is 19.3 Å². The molecular weight excluding hydrogens is 360 g/mol. The second-order valence-electron chi connectivity index (χ2n) is 7.30. The normalized spacial score (nSPS) is 14.7. The van der Waals surface area contributed by atoms with Crippen molar-refractivity contribution < 1.29 is 16.8 Å². The van der Waals surface area contributed by atoms with Crippen LogP contribution in [-0.4, -0.2) is 46.5 Å². The summed E-state index contributed by atoms with van der Waals surface area (Å²) >= 11 is 0. The van der Waals surface area contributed by atoms with Crippen LogP contribution in [-0.2, 0) is 25.5 Å². The molecule has 0 bridgehead atoms. The van der Waals surface area contributed by atoms with Crippen LogP contribution in [0.3, 0.4) is 0 Å². The summed E-state index contributed by atoms with van der Waals surface area (Å²) in [6, 6.07) is 6.58. The fourth-order valence-electron chi connectivity index (χ4n) is 2.42. The fourth-order valence-corrected chi connectivity index (χ4v) is 4.67. The van der Waals surface area contributed by atoms with E-state index < -0.39 is 20.0 Å². The largest absolute Gasteiger partial charge is 0.240 e. The summed E-state index contributed by atoms with van der Waals surface area (Å²) < 4.78 is 52.2. The molecule has 0 spiro atoms. The van der Waals surface area contributed by atoms with Crippen LogP contribution in [0.15, 0.2) is 29.2 Å². The van der Waals surface area contributed by atoms with E-state index >= 15 is 0 Å². The van der Waals surface area contributed by atoms with Gasteiger partial charge in [0.2, 0.25) is 20.0 Å². The Labute approximate surface area is 152 Å². The number of nitrogens with one attached hydrogen (secondary N) is 1. The molecule has 1 unspecified atom stereocenters. The van der Waals surface area contributed by atoms with Crippen molar-refractivity contribution >= 4 is 20.0 Å². The lowest BCUT2D eigenvalue weighted by Gasteiger charge is -2.26. The van der Waals surface area contributed by atoms with Gasteiger partial charge >= 0.3 is 0 Å². The third-order valence-electron chi connectivity index (χ3n) is 4.16. The summed E-state index contributed by atoms with van der Waals surface area (Å²) in [6.45, 7) is 10.0. The Bertz CT molecular complexity index is 764. The van der Waals surface area contributed by atoms with E-state index in [2.05, 4.69) is 25.5 Å². The maximum absolute atomic E-state index is 12.4. The first-order valence-electron chi connectivity index (χ1n) is 8.36. The van der Waals surface area contributed by atoms with Gasteiger partial charge in [-0.25, -0.2) is 21.6 Å². The molecule has 6 nitrogen and oxygen atoms in total. The monoisotopic (exact) mass is 390 g/mol. The number of sulfonamides is 2. The predicted molar refractivity (Wildman–Crippen MR) is 102 cm³/mol. The lowest BCUT2D eigenvalue weighted by molar-refractivity contribution is 0.335. The van der Waals surface area contributed by atoms with Gasteiger partial charge < -0.3 is 0 Å². The Morgan fingerprint density at radius 2 is 1.60 bits per heavy atom. The highest BCUT2D eigenvalue weighted by atomic mass is 32.2. The molecule has 0 radical (unpaired) electrons. The highest BCUT2D eigenvalue weighted by Crippen LogP contribution is 2.23. The van der Waals surface area contributed by atoms with Gasteiger partial charge in [-0.05, 0) is 36.5 Å². The maximum atomic E-state index is 12.4. The van der Waals surface area contributed by atoms with Crippen LogP contribution in [0.4, 0.5) is 0 Å². The summed E-state index contributed by atoms with van der Waals surface area (Å²) in [6.07, 6.45) is 1.80. The Morgan fingerprint density at radius 1 is 1.08 bits per heavy atom. The molecule has 8 heteroatoms. The predicted octanol–water partition coefficient (Wildman–Crippen LogP) is 2.32. The summed E-state index contributed by atoms with van der Waals surface area (Å²) in [5, 5.41) is 0. The smallest absolute Gasteiger partial charge is 0.212 e. The standard InChI is InChI=1S/C17H30N2O4S2/c1-7-14(2)19(24(6,20)21)13-12-18-25(22,23)16-10-8-15(9-11-16)17(3,4)5/h8-11,14,18H,7,12-13H2,1-6H3. The Hall–Kier alpha value is -0.960. The molecule has 0 aliphatic rings. The van der Waals surface area contributed by atoms with Crippen molar-refractivity contribution in [3.05, 3.63) is 29.8 Å². The summed E-state index contributed by atoms with van der Waals surface area (Å²) in [5.74, 6) is 0. The topological polar surface area (TPSA) is 83.6 Å². The van der Waals surface area contributed by atoms with Gasteiger partial charge in [0.25, 0.3) is 0 Å². The van der Waals surface area contributed by atoms with E-state index in [0.717, 1.165) is 11.8 Å². The summed E-state index contributed by atoms with van der Waals surface area (Å²) in [5.41, 5.74) is 0.994.